The SMILES string of the molecule is C[C@@]1(Cn2ccnn2)[C@H](C(=O)O)N2C(=O)C[C@H]2S1(=O)=O. The number of hydrogen-bond donors (Lipinski definition) is 1. The largest absolute Gasteiger partial charge is 0.480 e. The highest BCUT2D eigenvalue weighted by Gasteiger charge is 2.70. The Balaban J connectivity index is 2.10. The number of carboxylic acid groups (broad SMARTS) is 1. The number of β-lactam (4-membered cyclic amide) rings is 1. The molecule has 2 fully saturated rings. The number of aliphatic carboxylic acids is 1. The van der Waals surface area contributed by atoms with Crippen molar-refractivity contribution < 1.29 is 23.1 Å². The number of carboxylic acids is 1. The summed E-state index contributed by atoms with van der Waals surface area (Å²) in [6, 6.07) is -1.40. The first-order valence-electron chi connectivity index (χ1n) is 5.90. The molecule has 1 N–H and O–H groups in total. The molecule has 2 saturated heterocycles. The van der Waals surface area contributed by atoms with Crippen molar-refractivity contribution in [1.82, 2.24) is 19.9 Å². The van der Waals surface area contributed by atoms with Crippen molar-refractivity contribution >= 4 is 21.7 Å². The number of nitrogens with zero attached hydrogens (tertiary/aromatic N) is 4. The van der Waals surface area contributed by atoms with E-state index in [1.165, 1.54) is 24.0 Å². The summed E-state index contributed by atoms with van der Waals surface area (Å²) in [6.07, 6.45) is 2.68. The molecule has 0 bridgehead atoms. The number of hydrogen-bond acceptors (Lipinski definition) is 6. The molecule has 0 aliphatic carbocycles. The highest BCUT2D eigenvalue weighted by atomic mass is 32.2. The van der Waals surface area contributed by atoms with Crippen molar-refractivity contribution in [3.8, 4) is 0 Å². The molecule has 20 heavy (non-hydrogen) atoms. The Labute approximate surface area is 114 Å². The Kier molecular flexibility index (Phi) is 2.46. The molecule has 0 unspecified atom stereocenters. The van der Waals surface area contributed by atoms with E-state index in [1.54, 1.807) is 0 Å². The van der Waals surface area contributed by atoms with Crippen LogP contribution in [0.4, 0.5) is 0 Å². The Morgan fingerprint density at radius 2 is 2.30 bits per heavy atom. The van der Waals surface area contributed by atoms with Gasteiger partial charge in [-0.05, 0) is 6.92 Å². The van der Waals surface area contributed by atoms with Gasteiger partial charge in [-0.2, -0.15) is 0 Å². The molecule has 1 amide bonds. The van der Waals surface area contributed by atoms with Gasteiger partial charge >= 0.3 is 5.97 Å². The molecule has 0 spiro atoms. The zero-order chi connectivity index (χ0) is 14.7. The lowest BCUT2D eigenvalue weighted by Gasteiger charge is -2.35. The Hall–Kier alpha value is -1.97. The lowest BCUT2D eigenvalue weighted by atomic mass is 9.96. The Morgan fingerprint density at radius 3 is 2.80 bits per heavy atom. The fourth-order valence-electron chi connectivity index (χ4n) is 2.93. The molecule has 0 saturated carbocycles. The number of sulfone groups is 1. The first-order chi connectivity index (χ1) is 9.29. The van der Waals surface area contributed by atoms with E-state index in [4.69, 9.17) is 0 Å². The number of fused-ring (bicyclic) bond motifs is 1. The zero-order valence-corrected chi connectivity index (χ0v) is 11.3. The van der Waals surface area contributed by atoms with Crippen LogP contribution in [-0.4, -0.2) is 61.5 Å². The summed E-state index contributed by atoms with van der Waals surface area (Å²) in [5.41, 5.74) is 0. The van der Waals surface area contributed by atoms with Crippen LogP contribution in [0.2, 0.25) is 0 Å². The smallest absolute Gasteiger partial charge is 0.328 e. The van der Waals surface area contributed by atoms with Gasteiger partial charge in [0.25, 0.3) is 0 Å². The van der Waals surface area contributed by atoms with Gasteiger partial charge < -0.3 is 10.0 Å². The standard InChI is InChI=1S/C10H12N4O5S/c1-10(5-13-3-2-11-12-13)8(9(16)17)14-6(15)4-7(14)20(10,18)19/h2-3,7-8H,4-5H2,1H3,(H,16,17)/t7-,8+,10-/m1/s1. The second kappa shape index (κ2) is 3.78. The van der Waals surface area contributed by atoms with Crippen molar-refractivity contribution in [3.63, 3.8) is 0 Å². The van der Waals surface area contributed by atoms with E-state index in [-0.39, 0.29) is 13.0 Å². The summed E-state index contributed by atoms with van der Waals surface area (Å²) < 4.78 is 24.7. The number of amides is 1. The van der Waals surface area contributed by atoms with Gasteiger partial charge in [0.2, 0.25) is 5.91 Å². The van der Waals surface area contributed by atoms with Gasteiger partial charge in [0.1, 0.15) is 10.1 Å². The third kappa shape index (κ3) is 1.39. The predicted molar refractivity (Wildman–Crippen MR) is 64.0 cm³/mol. The molecular weight excluding hydrogens is 288 g/mol. The van der Waals surface area contributed by atoms with E-state index >= 15 is 0 Å². The molecule has 1 aromatic rings. The summed E-state index contributed by atoms with van der Waals surface area (Å²) in [5.74, 6) is -1.78. The summed E-state index contributed by atoms with van der Waals surface area (Å²) in [4.78, 5) is 24.0. The highest BCUT2D eigenvalue weighted by molar-refractivity contribution is 7.93. The fraction of sp³-hybridized carbons (Fsp3) is 0.600. The average molecular weight is 300 g/mol. The van der Waals surface area contributed by atoms with Gasteiger partial charge in [-0.1, -0.05) is 5.21 Å². The van der Waals surface area contributed by atoms with Crippen LogP contribution in [-0.2, 0) is 26.0 Å². The molecule has 3 atom stereocenters. The van der Waals surface area contributed by atoms with E-state index in [2.05, 4.69) is 10.3 Å². The summed E-state index contributed by atoms with van der Waals surface area (Å²) in [6.45, 7) is 1.18. The number of carbonyl (C=O) groups excluding carboxylic acids is 1. The predicted octanol–water partition coefficient (Wildman–Crippen LogP) is -1.52. The average Bonchev–Trinajstić information content (AvgIpc) is 2.87. The second-order valence-electron chi connectivity index (χ2n) is 5.16. The number of rotatable bonds is 3. The molecule has 0 radical (unpaired) electrons. The maximum atomic E-state index is 12.5. The molecule has 0 aromatic carbocycles. The van der Waals surface area contributed by atoms with Crippen LogP contribution in [0.15, 0.2) is 12.4 Å². The van der Waals surface area contributed by atoms with E-state index in [1.807, 2.05) is 0 Å². The van der Waals surface area contributed by atoms with Crippen LogP contribution in [0, 0.1) is 0 Å². The van der Waals surface area contributed by atoms with E-state index in [9.17, 15) is 23.1 Å². The van der Waals surface area contributed by atoms with Gasteiger partial charge in [-0.15, -0.1) is 5.10 Å². The normalized spacial score (nSPS) is 34.6. The van der Waals surface area contributed by atoms with Crippen molar-refractivity contribution in [2.24, 2.45) is 0 Å². The third-order valence-electron chi connectivity index (χ3n) is 3.99. The van der Waals surface area contributed by atoms with Crippen molar-refractivity contribution in [2.75, 3.05) is 0 Å². The van der Waals surface area contributed by atoms with Crippen LogP contribution in [0.25, 0.3) is 0 Å². The Bertz CT molecular complexity index is 685. The zero-order valence-electron chi connectivity index (χ0n) is 10.5. The van der Waals surface area contributed by atoms with E-state index < -0.39 is 37.9 Å². The maximum Gasteiger partial charge on any atom is 0.328 e. The minimum Gasteiger partial charge on any atom is -0.480 e. The van der Waals surface area contributed by atoms with Crippen LogP contribution in [0.1, 0.15) is 13.3 Å². The molecule has 108 valence electrons. The molecule has 3 heterocycles. The fourth-order valence-corrected chi connectivity index (χ4v) is 5.29. The molecule has 3 rings (SSSR count). The molecule has 2 aliphatic heterocycles. The highest BCUT2D eigenvalue weighted by Crippen LogP contribution is 2.46. The molecule has 2 aliphatic rings. The number of carbonyl (C=O) groups is 2. The molecular formula is C10H12N4O5S. The minimum atomic E-state index is -3.80. The lowest BCUT2D eigenvalue weighted by Crippen LogP contribution is -2.58. The van der Waals surface area contributed by atoms with Crippen molar-refractivity contribution in [2.45, 2.75) is 36.1 Å². The minimum absolute atomic E-state index is 0.154. The van der Waals surface area contributed by atoms with Crippen LogP contribution < -0.4 is 0 Å². The number of aromatic nitrogens is 3. The molecule has 1 aromatic heterocycles. The van der Waals surface area contributed by atoms with E-state index in [0.717, 1.165) is 4.90 Å². The first-order valence-corrected chi connectivity index (χ1v) is 7.45. The van der Waals surface area contributed by atoms with Crippen LogP contribution in [0.3, 0.4) is 0 Å². The van der Waals surface area contributed by atoms with Gasteiger partial charge in [-0.3, -0.25) is 9.48 Å². The molecule has 9 nitrogen and oxygen atoms in total. The summed E-state index contributed by atoms with van der Waals surface area (Å²) >= 11 is 0. The third-order valence-corrected chi connectivity index (χ3v) is 6.76. The summed E-state index contributed by atoms with van der Waals surface area (Å²) in [5, 5.41) is 15.6. The Morgan fingerprint density at radius 1 is 1.60 bits per heavy atom. The van der Waals surface area contributed by atoms with Crippen molar-refractivity contribution in [1.29, 1.82) is 0 Å². The second-order valence-corrected chi connectivity index (χ2v) is 7.73. The van der Waals surface area contributed by atoms with Gasteiger partial charge in [-0.25, -0.2) is 13.2 Å². The summed E-state index contributed by atoms with van der Waals surface area (Å²) in [7, 11) is -3.80. The lowest BCUT2D eigenvalue weighted by molar-refractivity contribution is -0.157. The maximum absolute atomic E-state index is 12.5. The quantitative estimate of drug-likeness (QED) is 0.672. The van der Waals surface area contributed by atoms with Crippen molar-refractivity contribution in [3.05, 3.63) is 12.4 Å². The van der Waals surface area contributed by atoms with Gasteiger partial charge in [0.15, 0.2) is 15.9 Å². The monoisotopic (exact) mass is 300 g/mol. The molecule has 10 heteroatoms. The van der Waals surface area contributed by atoms with Crippen LogP contribution in [0.5, 0.6) is 0 Å². The van der Waals surface area contributed by atoms with Gasteiger partial charge in [0.05, 0.1) is 19.2 Å². The topological polar surface area (TPSA) is 122 Å². The van der Waals surface area contributed by atoms with E-state index in [0.29, 0.717) is 0 Å². The van der Waals surface area contributed by atoms with Crippen LogP contribution >= 0.6 is 0 Å². The van der Waals surface area contributed by atoms with Gasteiger partial charge in [0, 0.05) is 6.20 Å². The first kappa shape index (κ1) is 13.0.